The van der Waals surface area contributed by atoms with Gasteiger partial charge in [0.05, 0.1) is 19.0 Å². The molecule has 0 radical (unpaired) electrons. The van der Waals surface area contributed by atoms with Gasteiger partial charge in [-0.25, -0.2) is 0 Å². The van der Waals surface area contributed by atoms with E-state index in [4.69, 9.17) is 9.84 Å². The second-order valence-corrected chi connectivity index (χ2v) is 4.78. The van der Waals surface area contributed by atoms with Gasteiger partial charge in [-0.05, 0) is 25.2 Å². The summed E-state index contributed by atoms with van der Waals surface area (Å²) in [6, 6.07) is 0. The van der Waals surface area contributed by atoms with Crippen molar-refractivity contribution in [2.45, 2.75) is 26.2 Å². The number of carbonyl (C=O) groups is 1. The predicted octanol–water partition coefficient (Wildman–Crippen LogP) is 1.57. The maximum Gasteiger partial charge on any atom is 0.323 e. The average molecular weight is 265 g/mol. The van der Waals surface area contributed by atoms with Crippen molar-refractivity contribution in [3.05, 3.63) is 12.4 Å². The Bertz CT molecular complexity index is 435. The minimum atomic E-state index is -0.859. The van der Waals surface area contributed by atoms with Crippen LogP contribution in [0.4, 0.5) is 5.82 Å². The maximum absolute atomic E-state index is 10.9. The van der Waals surface area contributed by atoms with Gasteiger partial charge in [0.25, 0.3) is 0 Å². The largest absolute Gasteiger partial charge is 0.480 e. The first-order chi connectivity index (χ1) is 9.19. The quantitative estimate of drug-likeness (QED) is 0.769. The number of aliphatic carboxylic acids is 1. The molecule has 0 atom stereocenters. The predicted molar refractivity (Wildman–Crippen MR) is 70.4 cm³/mol. The Balaban J connectivity index is 2.07. The molecule has 0 aromatic carbocycles. The zero-order valence-electron chi connectivity index (χ0n) is 11.1. The molecule has 6 nitrogen and oxygen atoms in total. The second-order valence-electron chi connectivity index (χ2n) is 4.78. The summed E-state index contributed by atoms with van der Waals surface area (Å²) in [5.74, 6) is 0.747. The number of rotatable bonds is 8. The summed E-state index contributed by atoms with van der Waals surface area (Å²) >= 11 is 0. The molecule has 0 spiro atoms. The van der Waals surface area contributed by atoms with Crippen LogP contribution in [0.2, 0.25) is 0 Å². The maximum atomic E-state index is 10.9. The highest BCUT2D eigenvalue weighted by Crippen LogP contribution is 2.31. The van der Waals surface area contributed by atoms with Gasteiger partial charge in [0.1, 0.15) is 6.54 Å². The number of carboxylic acids is 1. The van der Waals surface area contributed by atoms with Crippen molar-refractivity contribution < 1.29 is 14.6 Å². The van der Waals surface area contributed by atoms with E-state index in [1.165, 1.54) is 0 Å². The number of ether oxygens (including phenoxy) is 1. The molecular formula is C13H19N3O3. The van der Waals surface area contributed by atoms with Gasteiger partial charge in [-0.1, -0.05) is 6.92 Å². The van der Waals surface area contributed by atoms with Gasteiger partial charge in [-0.3, -0.25) is 9.78 Å². The summed E-state index contributed by atoms with van der Waals surface area (Å²) in [7, 11) is 0. The number of hydrogen-bond donors (Lipinski definition) is 1. The van der Waals surface area contributed by atoms with E-state index in [0.717, 1.165) is 25.8 Å². The molecule has 1 aliphatic rings. The van der Waals surface area contributed by atoms with Crippen LogP contribution < -0.4 is 9.64 Å². The van der Waals surface area contributed by atoms with Gasteiger partial charge in [-0.15, -0.1) is 0 Å². The van der Waals surface area contributed by atoms with Crippen LogP contribution in [0.25, 0.3) is 0 Å². The molecule has 1 aliphatic carbocycles. The third-order valence-electron chi connectivity index (χ3n) is 2.88. The molecule has 1 saturated carbocycles. The Morgan fingerprint density at radius 3 is 2.95 bits per heavy atom. The second kappa shape index (κ2) is 6.36. The fourth-order valence-corrected chi connectivity index (χ4v) is 1.78. The molecule has 6 heteroatoms. The molecule has 1 aromatic rings. The van der Waals surface area contributed by atoms with Crippen molar-refractivity contribution in [1.82, 2.24) is 9.97 Å². The molecule has 0 aliphatic heterocycles. The highest BCUT2D eigenvalue weighted by molar-refractivity contribution is 5.73. The molecule has 2 rings (SSSR count). The van der Waals surface area contributed by atoms with Crippen LogP contribution in [0.3, 0.4) is 0 Å². The SMILES string of the molecule is CCCOc1cncc(N(CC(=O)O)CC2CC2)n1. The van der Waals surface area contributed by atoms with Gasteiger partial charge >= 0.3 is 5.97 Å². The lowest BCUT2D eigenvalue weighted by molar-refractivity contribution is -0.135. The minimum Gasteiger partial charge on any atom is -0.480 e. The highest BCUT2D eigenvalue weighted by atomic mass is 16.5. The van der Waals surface area contributed by atoms with Crippen LogP contribution in [0.1, 0.15) is 26.2 Å². The van der Waals surface area contributed by atoms with Crippen LogP contribution in [0.5, 0.6) is 5.88 Å². The molecule has 1 aromatic heterocycles. The Hall–Kier alpha value is -1.85. The van der Waals surface area contributed by atoms with Crippen LogP contribution >= 0.6 is 0 Å². The van der Waals surface area contributed by atoms with E-state index in [2.05, 4.69) is 9.97 Å². The van der Waals surface area contributed by atoms with Crippen molar-refractivity contribution in [2.24, 2.45) is 5.92 Å². The first-order valence-electron chi connectivity index (χ1n) is 6.60. The van der Waals surface area contributed by atoms with E-state index in [-0.39, 0.29) is 6.54 Å². The Morgan fingerprint density at radius 2 is 2.32 bits per heavy atom. The third kappa shape index (κ3) is 4.39. The number of aromatic nitrogens is 2. The molecule has 0 saturated heterocycles. The third-order valence-corrected chi connectivity index (χ3v) is 2.88. The molecule has 1 heterocycles. The Labute approximate surface area is 112 Å². The van der Waals surface area contributed by atoms with Crippen LogP contribution in [-0.2, 0) is 4.79 Å². The topological polar surface area (TPSA) is 75.5 Å². The van der Waals surface area contributed by atoms with Crippen molar-refractivity contribution >= 4 is 11.8 Å². The number of anilines is 1. The minimum absolute atomic E-state index is 0.0532. The zero-order valence-corrected chi connectivity index (χ0v) is 11.1. The summed E-state index contributed by atoms with van der Waals surface area (Å²) in [6.45, 7) is 3.27. The Kier molecular flexibility index (Phi) is 4.54. The first kappa shape index (κ1) is 13.6. The summed E-state index contributed by atoms with van der Waals surface area (Å²) < 4.78 is 5.42. The molecule has 1 fully saturated rings. The van der Waals surface area contributed by atoms with Crippen molar-refractivity contribution in [3.63, 3.8) is 0 Å². The van der Waals surface area contributed by atoms with Crippen molar-refractivity contribution in [1.29, 1.82) is 0 Å². The van der Waals surface area contributed by atoms with E-state index in [9.17, 15) is 4.79 Å². The van der Waals surface area contributed by atoms with Crippen LogP contribution in [0, 0.1) is 5.92 Å². The molecule has 0 amide bonds. The van der Waals surface area contributed by atoms with Gasteiger partial charge in [0.15, 0.2) is 5.82 Å². The summed E-state index contributed by atoms with van der Waals surface area (Å²) in [5, 5.41) is 8.97. The van der Waals surface area contributed by atoms with Crippen molar-refractivity contribution in [3.8, 4) is 5.88 Å². The van der Waals surface area contributed by atoms with Crippen LogP contribution in [-0.4, -0.2) is 40.7 Å². The first-order valence-corrected chi connectivity index (χ1v) is 6.60. The van der Waals surface area contributed by atoms with Gasteiger partial charge in [-0.2, -0.15) is 4.98 Å². The van der Waals surface area contributed by atoms with Gasteiger partial charge in [0, 0.05) is 6.54 Å². The molecule has 104 valence electrons. The van der Waals surface area contributed by atoms with E-state index >= 15 is 0 Å². The van der Waals surface area contributed by atoms with E-state index in [0.29, 0.717) is 24.2 Å². The lowest BCUT2D eigenvalue weighted by Crippen LogP contribution is -2.32. The molecule has 0 unspecified atom stereocenters. The molecule has 19 heavy (non-hydrogen) atoms. The van der Waals surface area contributed by atoms with E-state index < -0.39 is 5.97 Å². The summed E-state index contributed by atoms with van der Waals surface area (Å²) in [6.07, 6.45) is 6.36. The normalized spacial score (nSPS) is 14.2. The number of nitrogens with zero attached hydrogens (tertiary/aromatic N) is 3. The monoisotopic (exact) mass is 265 g/mol. The van der Waals surface area contributed by atoms with Gasteiger partial charge in [0.2, 0.25) is 5.88 Å². The fraction of sp³-hybridized carbons (Fsp3) is 0.615. The summed E-state index contributed by atoms with van der Waals surface area (Å²) in [4.78, 5) is 21.1. The Morgan fingerprint density at radius 1 is 1.53 bits per heavy atom. The van der Waals surface area contributed by atoms with Crippen LogP contribution in [0.15, 0.2) is 12.4 Å². The standard InChI is InChI=1S/C13H19N3O3/c1-2-5-19-12-7-14-6-11(15-12)16(9-13(17)18)8-10-3-4-10/h6-7,10H,2-5,8-9H2,1H3,(H,17,18). The number of hydrogen-bond acceptors (Lipinski definition) is 5. The lowest BCUT2D eigenvalue weighted by Gasteiger charge is -2.21. The lowest BCUT2D eigenvalue weighted by atomic mass is 10.3. The highest BCUT2D eigenvalue weighted by Gasteiger charge is 2.26. The summed E-state index contributed by atoms with van der Waals surface area (Å²) in [5.41, 5.74) is 0. The van der Waals surface area contributed by atoms with Crippen molar-refractivity contribution in [2.75, 3.05) is 24.6 Å². The fourth-order valence-electron chi connectivity index (χ4n) is 1.78. The number of carboxylic acid groups (broad SMARTS) is 1. The zero-order chi connectivity index (χ0) is 13.7. The average Bonchev–Trinajstić information content (AvgIpc) is 3.19. The molecular weight excluding hydrogens is 246 g/mol. The smallest absolute Gasteiger partial charge is 0.323 e. The van der Waals surface area contributed by atoms with E-state index in [1.807, 2.05) is 6.92 Å². The molecule has 1 N–H and O–H groups in total. The van der Waals surface area contributed by atoms with Gasteiger partial charge < -0.3 is 14.7 Å². The van der Waals surface area contributed by atoms with E-state index in [1.54, 1.807) is 17.3 Å². The molecule has 0 bridgehead atoms.